The van der Waals surface area contributed by atoms with E-state index < -0.39 is 0 Å². The topological polar surface area (TPSA) is 32.7 Å². The Morgan fingerprint density at radius 3 is 2.57 bits per heavy atom. The molecule has 0 aliphatic rings. The van der Waals surface area contributed by atoms with Gasteiger partial charge in [0, 0.05) is 19.2 Å². The van der Waals surface area contributed by atoms with Crippen LogP contribution in [0.1, 0.15) is 6.92 Å². The number of rotatable bonds is 4. The van der Waals surface area contributed by atoms with Crippen LogP contribution in [0.4, 0.5) is 5.69 Å². The molecule has 0 saturated heterocycles. The summed E-state index contributed by atoms with van der Waals surface area (Å²) >= 11 is 0. The first-order valence-electron chi connectivity index (χ1n) is 4.52. The van der Waals surface area contributed by atoms with E-state index in [2.05, 4.69) is 5.10 Å². The van der Waals surface area contributed by atoms with Crippen molar-refractivity contribution in [3.63, 3.8) is 0 Å². The summed E-state index contributed by atoms with van der Waals surface area (Å²) in [6.45, 7) is 1.80. The van der Waals surface area contributed by atoms with E-state index in [9.17, 15) is 4.79 Å². The van der Waals surface area contributed by atoms with Crippen molar-refractivity contribution in [3.8, 4) is 0 Å². The number of carbonyl (C=O) groups excluding carboxylic acids is 1. The van der Waals surface area contributed by atoms with Crippen LogP contribution in [0, 0.1) is 5.92 Å². The third-order valence-corrected chi connectivity index (χ3v) is 1.82. The second-order valence-electron chi connectivity index (χ2n) is 3.12. The van der Waals surface area contributed by atoms with Crippen molar-refractivity contribution < 1.29 is 4.79 Å². The molecule has 3 nitrogen and oxygen atoms in total. The molecular weight excluding hydrogens is 176 g/mol. The number of anilines is 1. The quantitative estimate of drug-likeness (QED) is 0.413. The van der Waals surface area contributed by atoms with Crippen molar-refractivity contribution >= 4 is 18.2 Å². The summed E-state index contributed by atoms with van der Waals surface area (Å²) in [5.41, 5.74) is 1.00. The van der Waals surface area contributed by atoms with Gasteiger partial charge in [-0.1, -0.05) is 25.1 Å². The maximum atomic E-state index is 10.3. The van der Waals surface area contributed by atoms with Gasteiger partial charge in [0.1, 0.15) is 6.29 Å². The molecule has 0 N–H and O–H groups in total. The molecule has 0 spiro atoms. The van der Waals surface area contributed by atoms with Gasteiger partial charge >= 0.3 is 0 Å². The number of benzene rings is 1. The van der Waals surface area contributed by atoms with Gasteiger partial charge in [-0.25, -0.2) is 0 Å². The minimum Gasteiger partial charge on any atom is -0.303 e. The number of hydrogen-bond acceptors (Lipinski definition) is 3. The van der Waals surface area contributed by atoms with Gasteiger partial charge in [-0.3, -0.25) is 5.01 Å². The van der Waals surface area contributed by atoms with Gasteiger partial charge in [0.2, 0.25) is 0 Å². The molecule has 0 aliphatic heterocycles. The first kappa shape index (κ1) is 10.4. The van der Waals surface area contributed by atoms with Crippen molar-refractivity contribution in [3.05, 3.63) is 30.3 Å². The van der Waals surface area contributed by atoms with Crippen LogP contribution in [0.2, 0.25) is 0 Å². The van der Waals surface area contributed by atoms with Crippen molar-refractivity contribution in [1.82, 2.24) is 0 Å². The first-order chi connectivity index (χ1) is 6.74. The zero-order valence-electron chi connectivity index (χ0n) is 8.42. The van der Waals surface area contributed by atoms with Crippen molar-refractivity contribution in [2.75, 3.05) is 12.1 Å². The molecule has 0 heterocycles. The Morgan fingerprint density at radius 1 is 1.36 bits per heavy atom. The summed E-state index contributed by atoms with van der Waals surface area (Å²) < 4.78 is 0. The standard InChI is InChI=1S/C11H14N2O/c1-10(9-14)8-12-13(2)11-6-4-3-5-7-11/h3-10H,1-2H3/b12-8-. The Morgan fingerprint density at radius 2 is 2.00 bits per heavy atom. The van der Waals surface area contributed by atoms with E-state index in [1.54, 1.807) is 18.1 Å². The van der Waals surface area contributed by atoms with Crippen LogP contribution in [0.15, 0.2) is 35.4 Å². The van der Waals surface area contributed by atoms with E-state index in [4.69, 9.17) is 0 Å². The van der Waals surface area contributed by atoms with Crippen molar-refractivity contribution in [2.24, 2.45) is 11.0 Å². The number of carbonyl (C=O) groups is 1. The van der Waals surface area contributed by atoms with Crippen molar-refractivity contribution in [2.45, 2.75) is 6.92 Å². The number of hydrazone groups is 1. The Balaban J connectivity index is 2.63. The fourth-order valence-corrected chi connectivity index (χ4v) is 0.951. The lowest BCUT2D eigenvalue weighted by Gasteiger charge is -2.12. The molecule has 0 fully saturated rings. The molecule has 0 radical (unpaired) electrons. The SMILES string of the molecule is CC(C=O)/C=N\N(C)c1ccccc1. The van der Waals surface area contributed by atoms with E-state index in [0.717, 1.165) is 12.0 Å². The van der Waals surface area contributed by atoms with Crippen LogP contribution in [0.25, 0.3) is 0 Å². The molecule has 0 bridgehead atoms. The van der Waals surface area contributed by atoms with Crippen molar-refractivity contribution in [1.29, 1.82) is 0 Å². The predicted molar refractivity (Wildman–Crippen MR) is 58.6 cm³/mol. The molecule has 1 rings (SSSR count). The highest BCUT2D eigenvalue weighted by Crippen LogP contribution is 2.10. The highest BCUT2D eigenvalue weighted by Gasteiger charge is 1.97. The van der Waals surface area contributed by atoms with Gasteiger partial charge in [0.15, 0.2) is 0 Å². The Kier molecular flexibility index (Phi) is 3.85. The maximum absolute atomic E-state index is 10.3. The summed E-state index contributed by atoms with van der Waals surface area (Å²) in [7, 11) is 1.85. The van der Waals surface area contributed by atoms with E-state index in [1.165, 1.54) is 0 Å². The molecule has 1 aromatic carbocycles. The van der Waals surface area contributed by atoms with Gasteiger partial charge in [-0.05, 0) is 12.1 Å². The number of aldehydes is 1. The molecule has 14 heavy (non-hydrogen) atoms. The minimum atomic E-state index is -0.138. The molecule has 1 unspecified atom stereocenters. The average molecular weight is 190 g/mol. The zero-order chi connectivity index (χ0) is 10.4. The van der Waals surface area contributed by atoms with Crippen LogP contribution in [0.3, 0.4) is 0 Å². The van der Waals surface area contributed by atoms with Gasteiger partial charge < -0.3 is 4.79 Å². The number of nitrogens with zero attached hydrogens (tertiary/aromatic N) is 2. The highest BCUT2D eigenvalue weighted by atomic mass is 16.1. The summed E-state index contributed by atoms with van der Waals surface area (Å²) in [6.07, 6.45) is 2.49. The fraction of sp³-hybridized carbons (Fsp3) is 0.273. The lowest BCUT2D eigenvalue weighted by atomic mass is 10.2. The fourth-order valence-electron chi connectivity index (χ4n) is 0.951. The smallest absolute Gasteiger partial charge is 0.128 e. The molecule has 1 atom stereocenters. The third kappa shape index (κ3) is 3.01. The van der Waals surface area contributed by atoms with E-state index in [-0.39, 0.29) is 5.92 Å². The van der Waals surface area contributed by atoms with Gasteiger partial charge in [-0.15, -0.1) is 0 Å². The summed E-state index contributed by atoms with van der Waals surface area (Å²) in [5, 5.41) is 5.88. The monoisotopic (exact) mass is 190 g/mol. The van der Waals surface area contributed by atoms with Crippen LogP contribution in [-0.4, -0.2) is 19.5 Å². The lowest BCUT2D eigenvalue weighted by molar-refractivity contribution is -0.109. The summed E-state index contributed by atoms with van der Waals surface area (Å²) in [4.78, 5) is 10.3. The summed E-state index contributed by atoms with van der Waals surface area (Å²) in [6, 6.07) is 9.77. The predicted octanol–water partition coefficient (Wildman–Crippen LogP) is 1.94. The van der Waals surface area contributed by atoms with Crippen LogP contribution in [-0.2, 0) is 4.79 Å². The molecular formula is C11H14N2O. The van der Waals surface area contributed by atoms with E-state index in [0.29, 0.717) is 0 Å². The van der Waals surface area contributed by atoms with E-state index >= 15 is 0 Å². The van der Waals surface area contributed by atoms with Crippen LogP contribution < -0.4 is 5.01 Å². The number of hydrogen-bond donors (Lipinski definition) is 0. The minimum absolute atomic E-state index is 0.138. The molecule has 0 amide bonds. The van der Waals surface area contributed by atoms with E-state index in [1.807, 2.05) is 37.4 Å². The van der Waals surface area contributed by atoms with Gasteiger partial charge in [0.25, 0.3) is 0 Å². The Labute approximate surface area is 84.0 Å². The normalized spacial score (nSPS) is 12.7. The second-order valence-corrected chi connectivity index (χ2v) is 3.12. The van der Waals surface area contributed by atoms with Crippen LogP contribution >= 0.6 is 0 Å². The summed E-state index contributed by atoms with van der Waals surface area (Å²) in [5.74, 6) is -0.138. The van der Waals surface area contributed by atoms with Crippen LogP contribution in [0.5, 0.6) is 0 Å². The largest absolute Gasteiger partial charge is 0.303 e. The highest BCUT2D eigenvalue weighted by molar-refractivity contribution is 5.80. The lowest BCUT2D eigenvalue weighted by Crippen LogP contribution is -2.10. The molecule has 0 aliphatic carbocycles. The number of para-hydroxylation sites is 1. The Bertz CT molecular complexity index is 308. The zero-order valence-corrected chi connectivity index (χ0v) is 8.42. The molecule has 0 aromatic heterocycles. The second kappa shape index (κ2) is 5.17. The molecule has 0 saturated carbocycles. The molecule has 3 heteroatoms. The maximum Gasteiger partial charge on any atom is 0.128 e. The Hall–Kier alpha value is -1.64. The average Bonchev–Trinajstić information content (AvgIpc) is 2.26. The van der Waals surface area contributed by atoms with Gasteiger partial charge in [-0.2, -0.15) is 5.10 Å². The molecule has 74 valence electrons. The third-order valence-electron chi connectivity index (χ3n) is 1.82. The first-order valence-corrected chi connectivity index (χ1v) is 4.52. The van der Waals surface area contributed by atoms with Gasteiger partial charge in [0.05, 0.1) is 5.69 Å². The molecule has 1 aromatic rings.